The lowest BCUT2D eigenvalue weighted by Gasteiger charge is -2.34. The van der Waals surface area contributed by atoms with E-state index in [1.807, 2.05) is 31.2 Å². The molecule has 0 aromatic heterocycles. The van der Waals surface area contributed by atoms with Crippen molar-refractivity contribution < 1.29 is 14.6 Å². The Hall–Kier alpha value is -1.06. The molecule has 1 aliphatic rings. The standard InChI is InChI=1S/C17H26O3/c1-5-19-16(17(2,3)4)15(18)12-7-6-8-14(11-12)20-13-9-10-13/h6-8,11,13,15-16,18H,5,9-10H2,1-4H3. The van der Waals surface area contributed by atoms with E-state index in [1.165, 1.54) is 0 Å². The molecule has 2 unspecified atom stereocenters. The fraction of sp³-hybridized carbons (Fsp3) is 0.647. The molecule has 112 valence electrons. The van der Waals surface area contributed by atoms with Crippen molar-refractivity contribution in [3.63, 3.8) is 0 Å². The van der Waals surface area contributed by atoms with E-state index in [-0.39, 0.29) is 11.5 Å². The van der Waals surface area contributed by atoms with Gasteiger partial charge in [-0.15, -0.1) is 0 Å². The number of ether oxygens (including phenoxy) is 2. The van der Waals surface area contributed by atoms with Crippen molar-refractivity contribution in [3.8, 4) is 5.75 Å². The molecule has 0 bridgehead atoms. The second-order valence-corrected chi connectivity index (χ2v) is 6.58. The average Bonchev–Trinajstić information content (AvgIpc) is 3.18. The zero-order valence-corrected chi connectivity index (χ0v) is 12.9. The van der Waals surface area contributed by atoms with E-state index in [2.05, 4.69) is 20.8 Å². The van der Waals surface area contributed by atoms with Crippen LogP contribution in [0.1, 0.15) is 52.2 Å². The summed E-state index contributed by atoms with van der Waals surface area (Å²) in [6.07, 6.45) is 1.77. The third kappa shape index (κ3) is 3.97. The van der Waals surface area contributed by atoms with Crippen molar-refractivity contribution in [2.24, 2.45) is 5.41 Å². The predicted molar refractivity (Wildman–Crippen MR) is 79.9 cm³/mol. The summed E-state index contributed by atoms with van der Waals surface area (Å²) >= 11 is 0. The lowest BCUT2D eigenvalue weighted by molar-refractivity contribution is -0.0899. The fourth-order valence-corrected chi connectivity index (χ4v) is 2.32. The zero-order chi connectivity index (χ0) is 14.8. The number of aliphatic hydroxyl groups is 1. The lowest BCUT2D eigenvalue weighted by atomic mass is 9.83. The smallest absolute Gasteiger partial charge is 0.120 e. The molecule has 0 spiro atoms. The van der Waals surface area contributed by atoms with E-state index in [4.69, 9.17) is 9.47 Å². The van der Waals surface area contributed by atoms with Gasteiger partial charge in [0.15, 0.2) is 0 Å². The Bertz CT molecular complexity index is 432. The van der Waals surface area contributed by atoms with Gasteiger partial charge in [0.05, 0.1) is 12.2 Å². The van der Waals surface area contributed by atoms with Gasteiger partial charge in [-0.3, -0.25) is 0 Å². The second-order valence-electron chi connectivity index (χ2n) is 6.58. The molecular formula is C17H26O3. The molecule has 2 rings (SSSR count). The van der Waals surface area contributed by atoms with Crippen LogP contribution in [0.4, 0.5) is 0 Å². The number of benzene rings is 1. The van der Waals surface area contributed by atoms with Crippen LogP contribution >= 0.6 is 0 Å². The maximum atomic E-state index is 10.6. The topological polar surface area (TPSA) is 38.7 Å². The Labute approximate surface area is 121 Å². The summed E-state index contributed by atoms with van der Waals surface area (Å²) in [4.78, 5) is 0. The highest BCUT2D eigenvalue weighted by molar-refractivity contribution is 5.31. The van der Waals surface area contributed by atoms with Crippen molar-refractivity contribution in [3.05, 3.63) is 29.8 Å². The van der Waals surface area contributed by atoms with Gasteiger partial charge in [-0.2, -0.15) is 0 Å². The molecule has 1 aromatic rings. The minimum atomic E-state index is -0.641. The first kappa shape index (κ1) is 15.3. The average molecular weight is 278 g/mol. The molecule has 20 heavy (non-hydrogen) atoms. The minimum absolute atomic E-state index is 0.122. The van der Waals surface area contributed by atoms with Gasteiger partial charge in [-0.25, -0.2) is 0 Å². The van der Waals surface area contributed by atoms with Crippen LogP contribution in [0.2, 0.25) is 0 Å². The number of hydrogen-bond acceptors (Lipinski definition) is 3. The molecule has 0 heterocycles. The monoisotopic (exact) mass is 278 g/mol. The first-order chi connectivity index (χ1) is 9.41. The van der Waals surface area contributed by atoms with Crippen molar-refractivity contribution in [2.75, 3.05) is 6.61 Å². The highest BCUT2D eigenvalue weighted by atomic mass is 16.5. The Balaban J connectivity index is 2.14. The van der Waals surface area contributed by atoms with Crippen molar-refractivity contribution in [1.82, 2.24) is 0 Å². The first-order valence-electron chi connectivity index (χ1n) is 7.48. The molecule has 3 nitrogen and oxygen atoms in total. The van der Waals surface area contributed by atoms with Gasteiger partial charge in [-0.05, 0) is 42.9 Å². The summed E-state index contributed by atoms with van der Waals surface area (Å²) in [5.41, 5.74) is 0.736. The summed E-state index contributed by atoms with van der Waals surface area (Å²) in [5, 5.41) is 10.6. The maximum absolute atomic E-state index is 10.6. The molecule has 1 aliphatic carbocycles. The quantitative estimate of drug-likeness (QED) is 0.862. The minimum Gasteiger partial charge on any atom is -0.490 e. The van der Waals surface area contributed by atoms with Crippen LogP contribution in [-0.2, 0) is 4.74 Å². The van der Waals surface area contributed by atoms with E-state index in [1.54, 1.807) is 0 Å². The van der Waals surface area contributed by atoms with E-state index < -0.39 is 6.10 Å². The second kappa shape index (κ2) is 6.15. The van der Waals surface area contributed by atoms with Crippen molar-refractivity contribution in [2.45, 2.75) is 58.8 Å². The Morgan fingerprint density at radius 3 is 2.55 bits per heavy atom. The van der Waals surface area contributed by atoms with Gasteiger partial charge < -0.3 is 14.6 Å². The number of aliphatic hydroxyl groups excluding tert-OH is 1. The number of hydrogen-bond donors (Lipinski definition) is 1. The van der Waals surface area contributed by atoms with Crippen LogP contribution in [0.3, 0.4) is 0 Å². The molecule has 0 radical (unpaired) electrons. The van der Waals surface area contributed by atoms with E-state index in [9.17, 15) is 5.11 Å². The lowest BCUT2D eigenvalue weighted by Crippen LogP contribution is -2.35. The van der Waals surface area contributed by atoms with E-state index >= 15 is 0 Å². The molecule has 2 atom stereocenters. The third-order valence-electron chi connectivity index (χ3n) is 3.51. The zero-order valence-electron chi connectivity index (χ0n) is 12.9. The van der Waals surface area contributed by atoms with E-state index in [0.29, 0.717) is 12.7 Å². The summed E-state index contributed by atoms with van der Waals surface area (Å²) < 4.78 is 11.6. The summed E-state index contributed by atoms with van der Waals surface area (Å²) in [7, 11) is 0. The fourth-order valence-electron chi connectivity index (χ4n) is 2.32. The van der Waals surface area contributed by atoms with Gasteiger partial charge >= 0.3 is 0 Å². The van der Waals surface area contributed by atoms with Gasteiger partial charge in [0, 0.05) is 6.61 Å². The van der Waals surface area contributed by atoms with Gasteiger partial charge in [-0.1, -0.05) is 32.9 Å². The van der Waals surface area contributed by atoms with Crippen LogP contribution < -0.4 is 4.74 Å². The van der Waals surface area contributed by atoms with E-state index in [0.717, 1.165) is 24.2 Å². The Morgan fingerprint density at radius 2 is 2.00 bits per heavy atom. The molecule has 1 saturated carbocycles. The van der Waals surface area contributed by atoms with Crippen molar-refractivity contribution >= 4 is 0 Å². The van der Waals surface area contributed by atoms with Gasteiger partial charge in [0.1, 0.15) is 11.9 Å². The normalized spacial score (nSPS) is 18.6. The van der Waals surface area contributed by atoms with Crippen LogP contribution in [-0.4, -0.2) is 23.9 Å². The Morgan fingerprint density at radius 1 is 1.30 bits per heavy atom. The molecule has 0 aliphatic heterocycles. The van der Waals surface area contributed by atoms with Crippen LogP contribution in [0.15, 0.2) is 24.3 Å². The molecule has 0 amide bonds. The largest absolute Gasteiger partial charge is 0.490 e. The summed E-state index contributed by atoms with van der Waals surface area (Å²) in [5.74, 6) is 0.841. The predicted octanol–water partition coefficient (Wildman–Crippen LogP) is 3.71. The SMILES string of the molecule is CCOC(C(O)c1cccc(OC2CC2)c1)C(C)(C)C. The molecule has 0 saturated heterocycles. The first-order valence-corrected chi connectivity index (χ1v) is 7.48. The summed E-state index contributed by atoms with van der Waals surface area (Å²) in [6, 6.07) is 7.74. The molecule has 3 heteroatoms. The van der Waals surface area contributed by atoms with Crippen LogP contribution in [0, 0.1) is 5.41 Å². The third-order valence-corrected chi connectivity index (χ3v) is 3.51. The molecule has 1 aromatic carbocycles. The van der Waals surface area contributed by atoms with Crippen LogP contribution in [0.5, 0.6) is 5.75 Å². The Kier molecular flexibility index (Phi) is 4.71. The molecule has 1 N–H and O–H groups in total. The number of rotatable bonds is 6. The molecule has 1 fully saturated rings. The maximum Gasteiger partial charge on any atom is 0.120 e. The highest BCUT2D eigenvalue weighted by Crippen LogP contribution is 2.34. The van der Waals surface area contributed by atoms with Crippen LogP contribution in [0.25, 0.3) is 0 Å². The van der Waals surface area contributed by atoms with Gasteiger partial charge in [0.2, 0.25) is 0 Å². The summed E-state index contributed by atoms with van der Waals surface area (Å²) in [6.45, 7) is 8.80. The van der Waals surface area contributed by atoms with Gasteiger partial charge in [0.25, 0.3) is 0 Å². The highest BCUT2D eigenvalue weighted by Gasteiger charge is 2.33. The van der Waals surface area contributed by atoms with Crippen molar-refractivity contribution in [1.29, 1.82) is 0 Å². The molecular weight excluding hydrogens is 252 g/mol.